The Bertz CT molecular complexity index is 964. The lowest BCUT2D eigenvalue weighted by Gasteiger charge is -2.19. The van der Waals surface area contributed by atoms with E-state index in [-0.39, 0.29) is 17.7 Å². The van der Waals surface area contributed by atoms with Crippen LogP contribution in [0.2, 0.25) is 0 Å². The van der Waals surface area contributed by atoms with Crippen molar-refractivity contribution in [2.75, 3.05) is 5.75 Å². The van der Waals surface area contributed by atoms with Crippen molar-refractivity contribution in [3.8, 4) is 0 Å². The maximum absolute atomic E-state index is 12.9. The fourth-order valence-electron chi connectivity index (χ4n) is 2.90. The van der Waals surface area contributed by atoms with Crippen molar-refractivity contribution in [1.82, 2.24) is 25.2 Å². The first-order valence-electron chi connectivity index (χ1n) is 8.47. The summed E-state index contributed by atoms with van der Waals surface area (Å²) in [7, 11) is 1.74. The standard InChI is InChI=1S/C18H18N6O2S/c1-12-5-7-13(8-6-12)14-10-15(16-4-3-9-26-16)24(20-14)17(25)11-27-18-19-21-22-23(18)2/h3-9,15H,10-11H2,1-2H3/t15-/m0/s1. The summed E-state index contributed by atoms with van der Waals surface area (Å²) in [5, 5.41) is 18.0. The fraction of sp³-hybridized carbons (Fsp3) is 0.278. The highest BCUT2D eigenvalue weighted by Crippen LogP contribution is 2.33. The topological polar surface area (TPSA) is 89.4 Å². The predicted molar refractivity (Wildman–Crippen MR) is 100 cm³/mol. The predicted octanol–water partition coefficient (Wildman–Crippen LogP) is 2.58. The molecule has 0 bridgehead atoms. The SMILES string of the molecule is Cc1ccc(C2=NN(C(=O)CSc3nnnn3C)[C@H](c3ccco3)C2)cc1. The van der Waals surface area contributed by atoms with E-state index in [1.165, 1.54) is 27.0 Å². The Morgan fingerprint density at radius 1 is 1.30 bits per heavy atom. The van der Waals surface area contributed by atoms with E-state index < -0.39 is 0 Å². The van der Waals surface area contributed by atoms with E-state index in [9.17, 15) is 4.79 Å². The van der Waals surface area contributed by atoms with Crippen molar-refractivity contribution < 1.29 is 9.21 Å². The number of tetrazole rings is 1. The third kappa shape index (κ3) is 3.63. The van der Waals surface area contributed by atoms with Crippen LogP contribution in [0.5, 0.6) is 0 Å². The van der Waals surface area contributed by atoms with E-state index in [2.05, 4.69) is 20.6 Å². The first-order chi connectivity index (χ1) is 13.1. The van der Waals surface area contributed by atoms with Gasteiger partial charge in [-0.1, -0.05) is 41.6 Å². The second kappa shape index (κ2) is 7.36. The Labute approximate surface area is 160 Å². The fourth-order valence-corrected chi connectivity index (χ4v) is 3.60. The zero-order valence-electron chi connectivity index (χ0n) is 14.9. The third-order valence-electron chi connectivity index (χ3n) is 4.33. The summed E-state index contributed by atoms with van der Waals surface area (Å²) in [6.07, 6.45) is 2.22. The van der Waals surface area contributed by atoms with Crippen molar-refractivity contribution in [2.45, 2.75) is 24.5 Å². The molecule has 0 saturated carbocycles. The van der Waals surface area contributed by atoms with E-state index in [0.29, 0.717) is 11.6 Å². The number of furan rings is 1. The molecule has 2 aromatic heterocycles. The Kier molecular flexibility index (Phi) is 4.76. The van der Waals surface area contributed by atoms with Gasteiger partial charge in [0, 0.05) is 13.5 Å². The number of rotatable bonds is 5. The molecule has 3 aromatic rings. The molecule has 4 rings (SSSR count). The van der Waals surface area contributed by atoms with Gasteiger partial charge in [-0.2, -0.15) is 5.10 Å². The van der Waals surface area contributed by atoms with Gasteiger partial charge in [0.25, 0.3) is 5.91 Å². The van der Waals surface area contributed by atoms with E-state index in [1.54, 1.807) is 13.3 Å². The first-order valence-corrected chi connectivity index (χ1v) is 9.45. The van der Waals surface area contributed by atoms with Crippen LogP contribution in [0.25, 0.3) is 0 Å². The molecule has 0 aliphatic carbocycles. The van der Waals surface area contributed by atoms with Crippen LogP contribution < -0.4 is 0 Å². The number of hydrogen-bond acceptors (Lipinski definition) is 7. The van der Waals surface area contributed by atoms with E-state index >= 15 is 0 Å². The van der Waals surface area contributed by atoms with Crippen LogP contribution in [0, 0.1) is 6.92 Å². The van der Waals surface area contributed by atoms with Gasteiger partial charge < -0.3 is 4.42 Å². The molecule has 0 radical (unpaired) electrons. The normalized spacial score (nSPS) is 16.6. The van der Waals surface area contributed by atoms with Gasteiger partial charge in [-0.25, -0.2) is 9.69 Å². The van der Waals surface area contributed by atoms with Crippen molar-refractivity contribution >= 4 is 23.4 Å². The van der Waals surface area contributed by atoms with Crippen LogP contribution >= 0.6 is 11.8 Å². The summed E-state index contributed by atoms with van der Waals surface area (Å²) in [5.74, 6) is 0.793. The van der Waals surface area contributed by atoms with Crippen LogP contribution in [0.4, 0.5) is 0 Å². The molecule has 1 amide bonds. The summed E-state index contributed by atoms with van der Waals surface area (Å²) in [6.45, 7) is 2.04. The van der Waals surface area contributed by atoms with Gasteiger partial charge in [-0.05, 0) is 35.0 Å². The molecule has 3 heterocycles. The summed E-state index contributed by atoms with van der Waals surface area (Å²) < 4.78 is 7.09. The number of thioether (sulfide) groups is 1. The summed E-state index contributed by atoms with van der Waals surface area (Å²) in [5.41, 5.74) is 3.06. The summed E-state index contributed by atoms with van der Waals surface area (Å²) >= 11 is 1.28. The number of hydrogen-bond donors (Lipinski definition) is 0. The highest BCUT2D eigenvalue weighted by atomic mass is 32.2. The molecule has 27 heavy (non-hydrogen) atoms. The Morgan fingerprint density at radius 2 is 2.11 bits per heavy atom. The molecule has 8 nitrogen and oxygen atoms in total. The van der Waals surface area contributed by atoms with E-state index in [4.69, 9.17) is 4.42 Å². The molecule has 0 spiro atoms. The molecule has 0 saturated heterocycles. The van der Waals surface area contributed by atoms with Crippen LogP contribution in [-0.2, 0) is 11.8 Å². The maximum atomic E-state index is 12.9. The number of carbonyl (C=O) groups excluding carboxylic acids is 1. The lowest BCUT2D eigenvalue weighted by atomic mass is 10.0. The second-order valence-electron chi connectivity index (χ2n) is 6.26. The van der Waals surface area contributed by atoms with E-state index in [1.807, 2.05) is 43.3 Å². The molecule has 138 valence electrons. The van der Waals surface area contributed by atoms with Gasteiger partial charge in [-0.15, -0.1) is 5.10 Å². The number of amides is 1. The van der Waals surface area contributed by atoms with Gasteiger partial charge in [-0.3, -0.25) is 4.79 Å². The molecule has 0 fully saturated rings. The number of hydrazone groups is 1. The van der Waals surface area contributed by atoms with Gasteiger partial charge in [0.2, 0.25) is 5.16 Å². The smallest absolute Gasteiger partial charge is 0.253 e. The molecule has 1 aromatic carbocycles. The Hall–Kier alpha value is -2.94. The number of aromatic nitrogens is 4. The zero-order chi connectivity index (χ0) is 18.8. The van der Waals surface area contributed by atoms with Gasteiger partial charge in [0.1, 0.15) is 11.8 Å². The minimum absolute atomic E-state index is 0.119. The molecule has 1 atom stereocenters. The quantitative estimate of drug-likeness (QED) is 0.630. The number of aryl methyl sites for hydroxylation is 2. The average molecular weight is 382 g/mol. The maximum Gasteiger partial charge on any atom is 0.253 e. The highest BCUT2D eigenvalue weighted by molar-refractivity contribution is 7.99. The number of carbonyl (C=O) groups is 1. The zero-order valence-corrected chi connectivity index (χ0v) is 15.8. The largest absolute Gasteiger partial charge is 0.467 e. The molecule has 1 aliphatic heterocycles. The molecule has 9 heteroatoms. The first kappa shape index (κ1) is 17.5. The average Bonchev–Trinajstić information content (AvgIpc) is 3.41. The van der Waals surface area contributed by atoms with Crippen LogP contribution in [0.15, 0.2) is 57.3 Å². The second-order valence-corrected chi connectivity index (χ2v) is 7.20. The van der Waals surface area contributed by atoms with Crippen molar-refractivity contribution in [2.24, 2.45) is 12.1 Å². The minimum atomic E-state index is -0.248. The summed E-state index contributed by atoms with van der Waals surface area (Å²) in [4.78, 5) is 12.9. The Morgan fingerprint density at radius 3 is 2.78 bits per heavy atom. The lowest BCUT2D eigenvalue weighted by molar-refractivity contribution is -0.130. The lowest BCUT2D eigenvalue weighted by Crippen LogP contribution is -2.28. The van der Waals surface area contributed by atoms with Crippen molar-refractivity contribution in [3.63, 3.8) is 0 Å². The van der Waals surface area contributed by atoms with Gasteiger partial charge in [0.15, 0.2) is 0 Å². The molecular formula is C18H18N6O2S. The van der Waals surface area contributed by atoms with Gasteiger partial charge >= 0.3 is 0 Å². The molecular weight excluding hydrogens is 364 g/mol. The number of nitrogens with zero attached hydrogens (tertiary/aromatic N) is 6. The van der Waals surface area contributed by atoms with E-state index in [0.717, 1.165) is 17.0 Å². The number of benzene rings is 1. The summed E-state index contributed by atoms with van der Waals surface area (Å²) in [6, 6.07) is 11.6. The van der Waals surface area contributed by atoms with Crippen LogP contribution in [0.3, 0.4) is 0 Å². The Balaban J connectivity index is 1.56. The van der Waals surface area contributed by atoms with Crippen molar-refractivity contribution in [3.05, 3.63) is 59.5 Å². The monoisotopic (exact) mass is 382 g/mol. The molecule has 0 unspecified atom stereocenters. The van der Waals surface area contributed by atoms with Crippen molar-refractivity contribution in [1.29, 1.82) is 0 Å². The van der Waals surface area contributed by atoms with Gasteiger partial charge in [0.05, 0.1) is 17.7 Å². The third-order valence-corrected chi connectivity index (χ3v) is 5.32. The van der Waals surface area contributed by atoms with Crippen LogP contribution in [0.1, 0.15) is 29.3 Å². The molecule has 1 aliphatic rings. The highest BCUT2D eigenvalue weighted by Gasteiger charge is 2.34. The molecule has 0 N–H and O–H groups in total. The minimum Gasteiger partial charge on any atom is -0.467 e. The van der Waals surface area contributed by atoms with Crippen LogP contribution in [-0.4, -0.2) is 42.6 Å².